The van der Waals surface area contributed by atoms with E-state index in [2.05, 4.69) is 34.5 Å². The number of hydrogen-bond acceptors (Lipinski definition) is 5. The Morgan fingerprint density at radius 3 is 2.62 bits per heavy atom. The summed E-state index contributed by atoms with van der Waals surface area (Å²) in [6.07, 6.45) is 1.65. The van der Waals surface area contributed by atoms with Gasteiger partial charge in [-0.15, -0.1) is 10.2 Å². The second kappa shape index (κ2) is 8.84. The van der Waals surface area contributed by atoms with Crippen molar-refractivity contribution >= 4 is 17.7 Å². The topological polar surface area (TPSA) is 68.6 Å². The summed E-state index contributed by atoms with van der Waals surface area (Å²) < 4.78 is 7.27. The molecule has 2 aromatic heterocycles. The Labute approximate surface area is 174 Å². The number of benzene rings is 1. The molecule has 0 bridgehead atoms. The maximum absolute atomic E-state index is 12.7. The normalized spacial score (nSPS) is 15.0. The van der Waals surface area contributed by atoms with E-state index in [1.54, 1.807) is 6.26 Å². The molecule has 1 saturated heterocycles. The van der Waals surface area contributed by atoms with Gasteiger partial charge in [0.25, 0.3) is 0 Å². The van der Waals surface area contributed by atoms with Gasteiger partial charge in [-0.1, -0.05) is 42.1 Å². The number of nitrogens with zero attached hydrogens (tertiary/aromatic N) is 4. The van der Waals surface area contributed by atoms with E-state index in [0.717, 1.165) is 55.0 Å². The molecule has 7 nitrogen and oxygen atoms in total. The zero-order valence-corrected chi connectivity index (χ0v) is 17.6. The molecule has 0 aliphatic carbocycles. The molecule has 1 aliphatic rings. The lowest BCUT2D eigenvalue weighted by Gasteiger charge is -2.32. The van der Waals surface area contributed by atoms with E-state index in [-0.39, 0.29) is 5.91 Å². The summed E-state index contributed by atoms with van der Waals surface area (Å²) in [7, 11) is 1.92. The van der Waals surface area contributed by atoms with Crippen LogP contribution in [0.3, 0.4) is 0 Å². The third kappa shape index (κ3) is 4.54. The van der Waals surface area contributed by atoms with Gasteiger partial charge in [0.15, 0.2) is 11.0 Å². The fourth-order valence-electron chi connectivity index (χ4n) is 3.64. The number of furan rings is 1. The van der Waals surface area contributed by atoms with E-state index in [4.69, 9.17) is 4.42 Å². The summed E-state index contributed by atoms with van der Waals surface area (Å²) in [6.45, 7) is 6.50. The third-order valence-corrected chi connectivity index (χ3v) is 6.38. The minimum atomic E-state index is 0.165. The van der Waals surface area contributed by atoms with Gasteiger partial charge in [-0.05, 0) is 13.0 Å². The summed E-state index contributed by atoms with van der Waals surface area (Å²) >= 11 is 1.44. The number of thioether (sulfide) groups is 1. The Hall–Kier alpha value is -2.58. The van der Waals surface area contributed by atoms with E-state index in [0.29, 0.717) is 5.75 Å². The molecule has 3 aromatic rings. The quantitative estimate of drug-likeness (QED) is 0.620. The fourth-order valence-corrected chi connectivity index (χ4v) is 4.46. The average molecular weight is 413 g/mol. The maximum Gasteiger partial charge on any atom is 0.233 e. The molecule has 0 spiro atoms. The van der Waals surface area contributed by atoms with E-state index >= 15 is 0 Å². The number of hydrogen-bond donors (Lipinski definition) is 1. The van der Waals surface area contributed by atoms with Crippen molar-refractivity contribution in [3.63, 3.8) is 0 Å². The van der Waals surface area contributed by atoms with Crippen LogP contribution in [-0.2, 0) is 18.4 Å². The molecule has 3 heterocycles. The van der Waals surface area contributed by atoms with Crippen LogP contribution in [0.1, 0.15) is 11.3 Å². The van der Waals surface area contributed by atoms with E-state index < -0.39 is 0 Å². The molecule has 0 unspecified atom stereocenters. The zero-order valence-electron chi connectivity index (χ0n) is 16.8. The van der Waals surface area contributed by atoms with Crippen LogP contribution in [0, 0.1) is 6.92 Å². The van der Waals surface area contributed by atoms with Crippen LogP contribution < -0.4 is 4.90 Å². The van der Waals surface area contributed by atoms with Crippen molar-refractivity contribution in [1.29, 1.82) is 0 Å². The first-order valence-electron chi connectivity index (χ1n) is 9.83. The minimum Gasteiger partial charge on any atom is -0.469 e. The molecule has 1 fully saturated rings. The van der Waals surface area contributed by atoms with Crippen molar-refractivity contribution in [3.05, 3.63) is 54.0 Å². The summed E-state index contributed by atoms with van der Waals surface area (Å²) in [5.41, 5.74) is 2.28. The second-order valence-electron chi connectivity index (χ2n) is 7.34. The van der Waals surface area contributed by atoms with Gasteiger partial charge in [0, 0.05) is 12.6 Å². The highest BCUT2D eigenvalue weighted by atomic mass is 32.2. The van der Waals surface area contributed by atoms with Gasteiger partial charge in [-0.3, -0.25) is 4.79 Å². The van der Waals surface area contributed by atoms with Crippen LogP contribution in [0.25, 0.3) is 11.4 Å². The average Bonchev–Trinajstić information content (AvgIpc) is 3.32. The first kappa shape index (κ1) is 19.7. The number of carbonyl (C=O) groups is 1. The molecule has 0 saturated carbocycles. The minimum absolute atomic E-state index is 0.165. The molecule has 152 valence electrons. The number of nitrogens with one attached hydrogen (secondary N) is 1. The molecular formula is C21H26N5O2S+. The summed E-state index contributed by atoms with van der Waals surface area (Å²) in [5.74, 6) is 2.11. The largest absolute Gasteiger partial charge is 0.469 e. The Morgan fingerprint density at radius 1 is 1.17 bits per heavy atom. The van der Waals surface area contributed by atoms with Crippen LogP contribution in [0.2, 0.25) is 0 Å². The van der Waals surface area contributed by atoms with Crippen molar-refractivity contribution in [2.24, 2.45) is 7.05 Å². The van der Waals surface area contributed by atoms with Crippen molar-refractivity contribution in [1.82, 2.24) is 19.7 Å². The molecule has 29 heavy (non-hydrogen) atoms. The molecule has 4 rings (SSSR count). The second-order valence-corrected chi connectivity index (χ2v) is 8.28. The smallest absolute Gasteiger partial charge is 0.233 e. The predicted molar refractivity (Wildman–Crippen MR) is 112 cm³/mol. The molecule has 1 aromatic carbocycles. The van der Waals surface area contributed by atoms with Crippen LogP contribution in [-0.4, -0.2) is 57.5 Å². The van der Waals surface area contributed by atoms with Crippen LogP contribution in [0.5, 0.6) is 0 Å². The molecule has 1 N–H and O–H groups in total. The number of aryl methyl sites for hydroxylation is 1. The Kier molecular flexibility index (Phi) is 6.01. The Balaban J connectivity index is 1.28. The van der Waals surface area contributed by atoms with Gasteiger partial charge in [0.1, 0.15) is 12.3 Å². The van der Waals surface area contributed by atoms with E-state index in [1.165, 1.54) is 22.2 Å². The summed E-state index contributed by atoms with van der Waals surface area (Å²) in [6, 6.07) is 12.4. The Morgan fingerprint density at radius 2 is 1.93 bits per heavy atom. The molecule has 0 atom stereocenters. The van der Waals surface area contributed by atoms with Crippen LogP contribution >= 0.6 is 11.8 Å². The first-order chi connectivity index (χ1) is 14.1. The summed E-state index contributed by atoms with van der Waals surface area (Å²) in [4.78, 5) is 16.2. The number of piperazine rings is 1. The van der Waals surface area contributed by atoms with Gasteiger partial charge >= 0.3 is 0 Å². The van der Waals surface area contributed by atoms with Gasteiger partial charge in [0.2, 0.25) is 5.91 Å². The summed E-state index contributed by atoms with van der Waals surface area (Å²) in [5, 5.41) is 9.25. The van der Waals surface area contributed by atoms with Gasteiger partial charge in [0.05, 0.1) is 43.8 Å². The lowest BCUT2D eigenvalue weighted by molar-refractivity contribution is -0.917. The molecule has 8 heteroatoms. The van der Waals surface area contributed by atoms with E-state index in [1.807, 2.05) is 35.6 Å². The lowest BCUT2D eigenvalue weighted by Crippen LogP contribution is -3.13. The highest BCUT2D eigenvalue weighted by molar-refractivity contribution is 7.99. The van der Waals surface area contributed by atoms with Gasteiger partial charge in [-0.2, -0.15) is 0 Å². The molecule has 1 amide bonds. The monoisotopic (exact) mass is 412 g/mol. The van der Waals surface area contributed by atoms with Crippen molar-refractivity contribution in [2.45, 2.75) is 18.6 Å². The number of quaternary nitrogens is 1. The van der Waals surface area contributed by atoms with Gasteiger partial charge in [-0.25, -0.2) is 0 Å². The highest BCUT2D eigenvalue weighted by Crippen LogP contribution is 2.25. The van der Waals surface area contributed by atoms with Crippen LogP contribution in [0.4, 0.5) is 0 Å². The predicted octanol–water partition coefficient (Wildman–Crippen LogP) is 1.40. The van der Waals surface area contributed by atoms with Crippen LogP contribution in [0.15, 0.2) is 52.2 Å². The van der Waals surface area contributed by atoms with Crippen molar-refractivity contribution < 1.29 is 14.1 Å². The van der Waals surface area contributed by atoms with E-state index in [9.17, 15) is 4.79 Å². The molecular weight excluding hydrogens is 386 g/mol. The number of carbonyl (C=O) groups excluding carboxylic acids is 1. The highest BCUT2D eigenvalue weighted by Gasteiger charge is 2.24. The fraction of sp³-hybridized carbons (Fsp3) is 0.381. The number of aromatic nitrogens is 3. The lowest BCUT2D eigenvalue weighted by atomic mass is 10.2. The first-order valence-corrected chi connectivity index (χ1v) is 10.8. The third-order valence-electron chi connectivity index (χ3n) is 5.38. The molecule has 0 radical (unpaired) electrons. The zero-order chi connectivity index (χ0) is 20.2. The standard InChI is InChI=1S/C21H25N5O2S/c1-16-18(8-13-28-16)20-22-23-21(24(20)2)29-15-19(27)26-11-9-25(10-12-26)14-17-6-4-3-5-7-17/h3-8,13H,9-12,14-15H2,1-2H3/p+1. The molecule has 1 aliphatic heterocycles. The number of rotatable bonds is 6. The SMILES string of the molecule is Cc1occc1-c1nnc(SCC(=O)N2CC[NH+](Cc3ccccc3)CC2)n1C. The maximum atomic E-state index is 12.7. The van der Waals surface area contributed by atoms with Crippen molar-refractivity contribution in [3.8, 4) is 11.4 Å². The number of amides is 1. The van der Waals surface area contributed by atoms with Crippen molar-refractivity contribution in [2.75, 3.05) is 31.9 Å². The van der Waals surface area contributed by atoms with Gasteiger partial charge < -0.3 is 18.8 Å². The Bertz CT molecular complexity index is 961.